The maximum absolute atomic E-state index is 13.9. The van der Waals surface area contributed by atoms with Crippen LogP contribution in [0.2, 0.25) is 10.0 Å². The van der Waals surface area contributed by atoms with Crippen LogP contribution in [0.3, 0.4) is 0 Å². The molecular weight excluding hydrogens is 561 g/mol. The minimum atomic E-state index is -4.22. The Hall–Kier alpha value is -3.27. The number of anilines is 1. The molecule has 1 atom stereocenters. The third-order valence-electron chi connectivity index (χ3n) is 6.24. The van der Waals surface area contributed by atoms with Crippen LogP contribution in [-0.4, -0.2) is 51.9 Å². The Labute approximate surface area is 239 Å². The van der Waals surface area contributed by atoms with Crippen molar-refractivity contribution < 1.29 is 22.7 Å². The second-order valence-electron chi connectivity index (χ2n) is 8.79. The lowest BCUT2D eigenvalue weighted by Gasteiger charge is -2.33. The summed E-state index contributed by atoms with van der Waals surface area (Å²) in [5.74, 6) is -0.614. The van der Waals surface area contributed by atoms with E-state index < -0.39 is 28.5 Å². The summed E-state index contributed by atoms with van der Waals surface area (Å²) in [5, 5.41) is 3.19. The van der Waals surface area contributed by atoms with E-state index in [1.807, 2.05) is 6.92 Å². The molecule has 1 N–H and O–H groups in total. The Morgan fingerprint density at radius 3 is 2.23 bits per heavy atom. The molecule has 0 aliphatic carbocycles. The predicted molar refractivity (Wildman–Crippen MR) is 154 cm³/mol. The van der Waals surface area contributed by atoms with Crippen molar-refractivity contribution in [1.29, 1.82) is 0 Å². The Kier molecular flexibility index (Phi) is 10.2. The number of nitrogens with one attached hydrogen (secondary N) is 1. The first-order valence-electron chi connectivity index (χ1n) is 12.2. The van der Waals surface area contributed by atoms with Crippen molar-refractivity contribution in [3.05, 3.63) is 87.9 Å². The van der Waals surface area contributed by atoms with Gasteiger partial charge in [0.25, 0.3) is 10.0 Å². The van der Waals surface area contributed by atoms with E-state index in [1.165, 1.54) is 49.4 Å². The van der Waals surface area contributed by atoms with Gasteiger partial charge in [0.1, 0.15) is 18.3 Å². The molecule has 0 saturated carbocycles. The maximum Gasteiger partial charge on any atom is 0.264 e. The molecular formula is C28H31Cl2N3O5S. The molecule has 0 radical (unpaired) electrons. The van der Waals surface area contributed by atoms with Crippen molar-refractivity contribution in [3.8, 4) is 5.75 Å². The van der Waals surface area contributed by atoms with E-state index in [1.54, 1.807) is 43.3 Å². The second-order valence-corrected chi connectivity index (χ2v) is 11.5. The number of aryl methyl sites for hydroxylation is 1. The molecule has 0 fully saturated rings. The number of carbonyl (C=O) groups excluding carboxylic acids is 2. The molecule has 3 aromatic rings. The average Bonchev–Trinajstić information content (AvgIpc) is 2.92. The first-order chi connectivity index (χ1) is 18.5. The van der Waals surface area contributed by atoms with Crippen LogP contribution in [0.25, 0.3) is 0 Å². The highest BCUT2D eigenvalue weighted by atomic mass is 35.5. The van der Waals surface area contributed by atoms with Crippen LogP contribution in [0, 0.1) is 6.92 Å². The van der Waals surface area contributed by atoms with Gasteiger partial charge in [0.05, 0.1) is 22.7 Å². The van der Waals surface area contributed by atoms with Gasteiger partial charge < -0.3 is 15.0 Å². The fourth-order valence-electron chi connectivity index (χ4n) is 4.07. The highest BCUT2D eigenvalue weighted by Crippen LogP contribution is 2.32. The molecule has 3 rings (SSSR count). The molecule has 2 amide bonds. The van der Waals surface area contributed by atoms with Crippen molar-refractivity contribution in [3.63, 3.8) is 0 Å². The summed E-state index contributed by atoms with van der Waals surface area (Å²) in [5.41, 5.74) is 1.67. The topological polar surface area (TPSA) is 96.0 Å². The van der Waals surface area contributed by atoms with Crippen LogP contribution in [0.4, 0.5) is 5.69 Å². The van der Waals surface area contributed by atoms with Crippen LogP contribution in [0.5, 0.6) is 5.75 Å². The minimum Gasteiger partial charge on any atom is -0.495 e. The molecule has 8 nitrogen and oxygen atoms in total. The fourth-order valence-corrected chi connectivity index (χ4v) is 5.93. The summed E-state index contributed by atoms with van der Waals surface area (Å²) in [6, 6.07) is 16.9. The molecule has 0 aliphatic rings. The molecule has 208 valence electrons. The smallest absolute Gasteiger partial charge is 0.264 e. The van der Waals surface area contributed by atoms with Gasteiger partial charge in [0.2, 0.25) is 11.8 Å². The van der Waals surface area contributed by atoms with Gasteiger partial charge in [-0.25, -0.2) is 8.42 Å². The number of halogens is 2. The van der Waals surface area contributed by atoms with E-state index in [4.69, 9.17) is 27.9 Å². The van der Waals surface area contributed by atoms with Gasteiger partial charge in [-0.2, -0.15) is 0 Å². The standard InChI is InChI=1S/C28H31Cl2N3O5S/c1-5-25(28(35)31-3)32(17-20-8-6-7-9-23(20)29)27(34)18-33(21-12-15-26(38-4)24(30)16-21)39(36,37)22-13-10-19(2)11-14-22/h6-16,25H,5,17-18H2,1-4H3,(H,31,35)/t25-/m1/s1. The number of rotatable bonds is 11. The molecule has 0 unspecified atom stereocenters. The number of likely N-dealkylation sites (N-methyl/N-ethyl adjacent to an activating group) is 1. The van der Waals surface area contributed by atoms with Crippen molar-refractivity contribution in [2.24, 2.45) is 0 Å². The molecule has 3 aromatic carbocycles. The van der Waals surface area contributed by atoms with Gasteiger partial charge in [-0.15, -0.1) is 0 Å². The predicted octanol–water partition coefficient (Wildman–Crippen LogP) is 5.06. The molecule has 0 saturated heterocycles. The number of carbonyl (C=O) groups is 2. The third-order valence-corrected chi connectivity index (χ3v) is 8.69. The third kappa shape index (κ3) is 7.03. The number of sulfonamides is 1. The minimum absolute atomic E-state index is 0.00355. The van der Waals surface area contributed by atoms with Gasteiger partial charge in [0.15, 0.2) is 0 Å². The Bertz CT molecular complexity index is 1430. The number of benzene rings is 3. The van der Waals surface area contributed by atoms with Crippen LogP contribution in [0.15, 0.2) is 71.6 Å². The largest absolute Gasteiger partial charge is 0.495 e. The zero-order valence-electron chi connectivity index (χ0n) is 22.1. The molecule has 0 aromatic heterocycles. The van der Waals surface area contributed by atoms with Gasteiger partial charge >= 0.3 is 0 Å². The zero-order chi connectivity index (χ0) is 28.7. The van der Waals surface area contributed by atoms with Gasteiger partial charge in [-0.05, 0) is 55.3 Å². The Balaban J connectivity index is 2.11. The first kappa shape index (κ1) is 30.3. The Morgan fingerprint density at radius 2 is 1.67 bits per heavy atom. The first-order valence-corrected chi connectivity index (χ1v) is 14.4. The number of hydrogen-bond donors (Lipinski definition) is 1. The van der Waals surface area contributed by atoms with Crippen LogP contribution >= 0.6 is 23.2 Å². The highest BCUT2D eigenvalue weighted by molar-refractivity contribution is 7.92. The lowest BCUT2D eigenvalue weighted by molar-refractivity contribution is -0.140. The van der Waals surface area contributed by atoms with Crippen molar-refractivity contribution in [2.45, 2.75) is 37.8 Å². The quantitative estimate of drug-likeness (QED) is 0.336. The number of methoxy groups -OCH3 is 1. The normalized spacial score (nSPS) is 11.9. The summed E-state index contributed by atoms with van der Waals surface area (Å²) >= 11 is 12.7. The molecule has 11 heteroatoms. The lowest BCUT2D eigenvalue weighted by Crippen LogP contribution is -2.51. The number of nitrogens with zero attached hydrogens (tertiary/aromatic N) is 2. The van der Waals surface area contributed by atoms with E-state index in [0.717, 1.165) is 9.87 Å². The molecule has 0 spiro atoms. The molecule has 39 heavy (non-hydrogen) atoms. The molecule has 0 aliphatic heterocycles. The van der Waals surface area contributed by atoms with E-state index in [-0.39, 0.29) is 28.1 Å². The maximum atomic E-state index is 13.9. The van der Waals surface area contributed by atoms with Crippen molar-refractivity contribution in [1.82, 2.24) is 10.2 Å². The Morgan fingerprint density at radius 1 is 1.00 bits per heavy atom. The van der Waals surface area contributed by atoms with Gasteiger partial charge in [-0.3, -0.25) is 13.9 Å². The van der Waals surface area contributed by atoms with E-state index >= 15 is 0 Å². The second kappa shape index (κ2) is 13.2. The summed E-state index contributed by atoms with van der Waals surface area (Å²) in [6.45, 7) is 3.04. The van der Waals surface area contributed by atoms with Crippen molar-refractivity contribution >= 4 is 50.7 Å². The van der Waals surface area contributed by atoms with E-state index in [2.05, 4.69) is 5.32 Å². The fraction of sp³-hybridized carbons (Fsp3) is 0.286. The lowest BCUT2D eigenvalue weighted by atomic mass is 10.1. The van der Waals surface area contributed by atoms with Crippen LogP contribution in [0.1, 0.15) is 24.5 Å². The number of ether oxygens (including phenoxy) is 1. The summed E-state index contributed by atoms with van der Waals surface area (Å²) in [7, 11) is -1.29. The SMILES string of the molecule is CC[C@H](C(=O)NC)N(Cc1ccccc1Cl)C(=O)CN(c1ccc(OC)c(Cl)c1)S(=O)(=O)c1ccc(C)cc1. The summed E-state index contributed by atoms with van der Waals surface area (Å²) in [6.07, 6.45) is 0.301. The van der Waals surface area contributed by atoms with Crippen LogP contribution < -0.4 is 14.4 Å². The van der Waals surface area contributed by atoms with Crippen molar-refractivity contribution in [2.75, 3.05) is 25.0 Å². The average molecular weight is 593 g/mol. The highest BCUT2D eigenvalue weighted by Gasteiger charge is 2.34. The van der Waals surface area contributed by atoms with Gasteiger partial charge in [-0.1, -0.05) is 66.0 Å². The van der Waals surface area contributed by atoms with E-state index in [0.29, 0.717) is 22.8 Å². The summed E-state index contributed by atoms with van der Waals surface area (Å²) in [4.78, 5) is 28.1. The molecule has 0 bridgehead atoms. The summed E-state index contributed by atoms with van der Waals surface area (Å²) < 4.78 is 34.0. The number of amides is 2. The van der Waals surface area contributed by atoms with Gasteiger partial charge in [0, 0.05) is 18.6 Å². The van der Waals surface area contributed by atoms with E-state index in [9.17, 15) is 18.0 Å². The zero-order valence-corrected chi connectivity index (χ0v) is 24.5. The molecule has 0 heterocycles. The monoisotopic (exact) mass is 591 g/mol. The number of hydrogen-bond acceptors (Lipinski definition) is 5. The van der Waals surface area contributed by atoms with Crippen LogP contribution in [-0.2, 0) is 26.2 Å².